The smallest absolute Gasteiger partial charge is 0.295 e. The summed E-state index contributed by atoms with van der Waals surface area (Å²) in [6.07, 6.45) is -3.27. The molecule has 0 saturated carbocycles. The zero-order chi connectivity index (χ0) is 17.0. The van der Waals surface area contributed by atoms with Crippen molar-refractivity contribution < 1.29 is 13.2 Å². The van der Waals surface area contributed by atoms with Crippen molar-refractivity contribution in [1.29, 1.82) is 0 Å². The lowest BCUT2D eigenvalue weighted by atomic mass is 10.0. The van der Waals surface area contributed by atoms with Gasteiger partial charge in [0.15, 0.2) is 0 Å². The van der Waals surface area contributed by atoms with E-state index in [1.807, 2.05) is 7.05 Å². The standard InChI is InChI=1S/C19H22F3N/c1-4-15-5-9-17(10-6-15)14(2)23(3)13-16-7-11-18(12-8-16)19(20,21)22/h5-12,14H,4,13H2,1-3H3. The van der Waals surface area contributed by atoms with Crippen molar-refractivity contribution in [2.45, 2.75) is 39.0 Å². The first-order chi connectivity index (χ1) is 10.8. The lowest BCUT2D eigenvalue weighted by Crippen LogP contribution is -2.22. The van der Waals surface area contributed by atoms with Crippen molar-refractivity contribution in [3.8, 4) is 0 Å². The van der Waals surface area contributed by atoms with Crippen molar-refractivity contribution in [3.63, 3.8) is 0 Å². The van der Waals surface area contributed by atoms with Crippen molar-refractivity contribution in [1.82, 2.24) is 4.90 Å². The average molecular weight is 321 g/mol. The van der Waals surface area contributed by atoms with Gasteiger partial charge in [-0.05, 0) is 49.2 Å². The number of hydrogen-bond acceptors (Lipinski definition) is 1. The van der Waals surface area contributed by atoms with Crippen molar-refractivity contribution in [3.05, 3.63) is 70.8 Å². The average Bonchev–Trinajstić information content (AvgIpc) is 2.54. The third-order valence-electron chi connectivity index (χ3n) is 4.24. The molecule has 0 radical (unpaired) electrons. The van der Waals surface area contributed by atoms with E-state index >= 15 is 0 Å². The summed E-state index contributed by atoms with van der Waals surface area (Å²) in [5, 5.41) is 0. The Hall–Kier alpha value is -1.81. The van der Waals surface area contributed by atoms with Gasteiger partial charge in [0.1, 0.15) is 0 Å². The fraction of sp³-hybridized carbons (Fsp3) is 0.368. The van der Waals surface area contributed by atoms with E-state index in [-0.39, 0.29) is 6.04 Å². The summed E-state index contributed by atoms with van der Waals surface area (Å²) in [5.41, 5.74) is 2.77. The fourth-order valence-electron chi connectivity index (χ4n) is 2.51. The van der Waals surface area contributed by atoms with Crippen LogP contribution in [0.3, 0.4) is 0 Å². The second-order valence-corrected chi connectivity index (χ2v) is 5.88. The molecule has 23 heavy (non-hydrogen) atoms. The molecule has 0 fully saturated rings. The normalized spacial score (nSPS) is 13.3. The number of nitrogens with zero attached hydrogens (tertiary/aromatic N) is 1. The summed E-state index contributed by atoms with van der Waals surface area (Å²) in [7, 11) is 1.98. The quantitative estimate of drug-likeness (QED) is 0.707. The molecular weight excluding hydrogens is 299 g/mol. The highest BCUT2D eigenvalue weighted by Crippen LogP contribution is 2.29. The van der Waals surface area contributed by atoms with Gasteiger partial charge in [-0.15, -0.1) is 0 Å². The molecule has 0 amide bonds. The highest BCUT2D eigenvalue weighted by Gasteiger charge is 2.29. The largest absolute Gasteiger partial charge is 0.416 e. The molecule has 0 bridgehead atoms. The molecule has 0 aliphatic rings. The van der Waals surface area contributed by atoms with Crippen LogP contribution in [0, 0.1) is 0 Å². The molecule has 0 N–H and O–H groups in total. The number of halogens is 3. The summed E-state index contributed by atoms with van der Waals surface area (Å²) in [6.45, 7) is 4.83. The molecule has 1 atom stereocenters. The van der Waals surface area contributed by atoms with E-state index in [1.165, 1.54) is 11.1 Å². The Bertz CT molecular complexity index is 615. The fourth-order valence-corrected chi connectivity index (χ4v) is 2.51. The Morgan fingerprint density at radius 2 is 1.43 bits per heavy atom. The summed E-state index contributed by atoms with van der Waals surface area (Å²) >= 11 is 0. The SMILES string of the molecule is CCc1ccc(C(C)N(C)Cc2ccc(C(F)(F)F)cc2)cc1. The minimum absolute atomic E-state index is 0.197. The van der Waals surface area contributed by atoms with E-state index in [0.29, 0.717) is 6.54 Å². The zero-order valence-electron chi connectivity index (χ0n) is 13.7. The van der Waals surface area contributed by atoms with E-state index in [4.69, 9.17) is 0 Å². The third kappa shape index (κ3) is 4.58. The monoisotopic (exact) mass is 321 g/mol. The Morgan fingerprint density at radius 1 is 0.913 bits per heavy atom. The number of benzene rings is 2. The van der Waals surface area contributed by atoms with Crippen molar-refractivity contribution in [2.24, 2.45) is 0 Å². The van der Waals surface area contributed by atoms with Crippen LogP contribution < -0.4 is 0 Å². The lowest BCUT2D eigenvalue weighted by Gasteiger charge is -2.25. The molecule has 0 aromatic heterocycles. The second-order valence-electron chi connectivity index (χ2n) is 5.88. The highest BCUT2D eigenvalue weighted by molar-refractivity contribution is 5.26. The van der Waals surface area contributed by atoms with Crippen LogP contribution >= 0.6 is 0 Å². The van der Waals surface area contributed by atoms with Gasteiger partial charge in [0.05, 0.1) is 5.56 Å². The first kappa shape index (κ1) is 17.5. The summed E-state index contributed by atoms with van der Waals surface area (Å²) in [6, 6.07) is 14.1. The van der Waals surface area contributed by atoms with Gasteiger partial charge in [-0.1, -0.05) is 43.3 Å². The van der Waals surface area contributed by atoms with Crippen LogP contribution in [0.2, 0.25) is 0 Å². The zero-order valence-corrected chi connectivity index (χ0v) is 13.7. The molecule has 2 aromatic rings. The number of hydrogen-bond donors (Lipinski definition) is 0. The number of alkyl halides is 3. The highest BCUT2D eigenvalue weighted by atomic mass is 19.4. The van der Waals surface area contributed by atoms with Crippen LogP contribution in [-0.2, 0) is 19.1 Å². The summed E-state index contributed by atoms with van der Waals surface area (Å²) in [4.78, 5) is 2.13. The molecule has 0 aliphatic carbocycles. The van der Waals surface area contributed by atoms with Gasteiger partial charge < -0.3 is 0 Å². The first-order valence-corrected chi connectivity index (χ1v) is 7.76. The molecule has 2 rings (SSSR count). The predicted octanol–water partition coefficient (Wildman–Crippen LogP) is 5.46. The molecular formula is C19H22F3N. The predicted molar refractivity (Wildman–Crippen MR) is 87.1 cm³/mol. The van der Waals surface area contributed by atoms with E-state index in [2.05, 4.69) is 43.0 Å². The van der Waals surface area contributed by atoms with Crippen LogP contribution in [-0.4, -0.2) is 11.9 Å². The minimum atomic E-state index is -4.28. The first-order valence-electron chi connectivity index (χ1n) is 7.76. The Labute approximate surface area is 135 Å². The van der Waals surface area contributed by atoms with Crippen LogP contribution in [0.4, 0.5) is 13.2 Å². The molecule has 1 nitrogen and oxygen atoms in total. The summed E-state index contributed by atoms with van der Waals surface area (Å²) in [5.74, 6) is 0. The second kappa shape index (κ2) is 7.18. The van der Waals surface area contributed by atoms with Crippen LogP contribution in [0.15, 0.2) is 48.5 Å². The number of rotatable bonds is 5. The maximum Gasteiger partial charge on any atom is 0.416 e. The van der Waals surface area contributed by atoms with Gasteiger partial charge >= 0.3 is 6.18 Å². The van der Waals surface area contributed by atoms with Gasteiger partial charge in [0, 0.05) is 12.6 Å². The molecule has 2 aromatic carbocycles. The lowest BCUT2D eigenvalue weighted by molar-refractivity contribution is -0.137. The Kier molecular flexibility index (Phi) is 5.47. The van der Waals surface area contributed by atoms with Crippen LogP contribution in [0.5, 0.6) is 0 Å². The van der Waals surface area contributed by atoms with Crippen LogP contribution in [0.1, 0.15) is 42.1 Å². The van der Waals surface area contributed by atoms with E-state index in [0.717, 1.165) is 24.1 Å². The van der Waals surface area contributed by atoms with Gasteiger partial charge in [-0.25, -0.2) is 0 Å². The molecule has 4 heteroatoms. The van der Waals surface area contributed by atoms with Gasteiger partial charge in [-0.3, -0.25) is 4.90 Å². The topological polar surface area (TPSA) is 3.24 Å². The maximum absolute atomic E-state index is 12.6. The van der Waals surface area contributed by atoms with Gasteiger partial charge in [0.25, 0.3) is 0 Å². The van der Waals surface area contributed by atoms with E-state index < -0.39 is 11.7 Å². The maximum atomic E-state index is 12.6. The van der Waals surface area contributed by atoms with Crippen molar-refractivity contribution in [2.75, 3.05) is 7.05 Å². The molecule has 0 aliphatic heterocycles. The Balaban J connectivity index is 2.03. The van der Waals surface area contributed by atoms with Crippen LogP contribution in [0.25, 0.3) is 0 Å². The number of aryl methyl sites for hydroxylation is 1. The third-order valence-corrected chi connectivity index (χ3v) is 4.24. The molecule has 0 spiro atoms. The van der Waals surface area contributed by atoms with Gasteiger partial charge in [0.2, 0.25) is 0 Å². The molecule has 1 unspecified atom stereocenters. The molecule has 0 saturated heterocycles. The molecule has 124 valence electrons. The minimum Gasteiger partial charge on any atom is -0.295 e. The van der Waals surface area contributed by atoms with Crippen molar-refractivity contribution >= 4 is 0 Å². The van der Waals surface area contributed by atoms with Gasteiger partial charge in [-0.2, -0.15) is 13.2 Å². The molecule has 0 heterocycles. The van der Waals surface area contributed by atoms with E-state index in [9.17, 15) is 13.2 Å². The summed E-state index contributed by atoms with van der Waals surface area (Å²) < 4.78 is 37.7. The van der Waals surface area contributed by atoms with E-state index in [1.54, 1.807) is 12.1 Å². The Morgan fingerprint density at radius 3 is 1.91 bits per heavy atom.